The molecule has 0 unspecified atom stereocenters. The molecule has 1 N–H and O–H groups in total. The van der Waals surface area contributed by atoms with Gasteiger partial charge in [-0.05, 0) is 6.07 Å². The summed E-state index contributed by atoms with van der Waals surface area (Å²) in [5.41, 5.74) is 0. The number of imide groups is 1. The Morgan fingerprint density at radius 2 is 1.96 bits per heavy atom. The fourth-order valence-electron chi connectivity index (χ4n) is 2.74. The highest BCUT2D eigenvalue weighted by molar-refractivity contribution is 6.36. The van der Waals surface area contributed by atoms with Crippen LogP contribution in [0.2, 0.25) is 10.0 Å². The standard InChI is InChI=1S/C14H17Cl2N5O2/c15-10-7-11(16)13(18-8-10)20-5-3-19(4-6-20)9-12(22)21-2-1-17-14(21)23/h7-8H,1-6,9H2,(H,17,23). The number of hydrogen-bond acceptors (Lipinski definition) is 5. The van der Waals surface area contributed by atoms with E-state index >= 15 is 0 Å². The molecule has 7 nitrogen and oxygen atoms in total. The van der Waals surface area contributed by atoms with Crippen LogP contribution in [0.15, 0.2) is 12.3 Å². The molecule has 124 valence electrons. The highest BCUT2D eigenvalue weighted by atomic mass is 35.5. The number of rotatable bonds is 3. The number of anilines is 1. The van der Waals surface area contributed by atoms with E-state index in [0.29, 0.717) is 55.1 Å². The van der Waals surface area contributed by atoms with Crippen LogP contribution in [0.3, 0.4) is 0 Å². The second kappa shape index (κ2) is 6.90. The van der Waals surface area contributed by atoms with Gasteiger partial charge >= 0.3 is 6.03 Å². The van der Waals surface area contributed by atoms with Crippen LogP contribution >= 0.6 is 23.2 Å². The molecule has 2 aliphatic heterocycles. The maximum Gasteiger partial charge on any atom is 0.324 e. The van der Waals surface area contributed by atoms with Gasteiger partial charge in [0.1, 0.15) is 5.82 Å². The van der Waals surface area contributed by atoms with Crippen molar-refractivity contribution in [3.63, 3.8) is 0 Å². The van der Waals surface area contributed by atoms with E-state index in [1.807, 2.05) is 4.90 Å². The Balaban J connectivity index is 1.54. The number of carbonyl (C=O) groups excluding carboxylic acids is 2. The third-order valence-corrected chi connectivity index (χ3v) is 4.46. The second-order valence-electron chi connectivity index (χ2n) is 5.50. The van der Waals surface area contributed by atoms with Crippen LogP contribution in [0.25, 0.3) is 0 Å². The molecular formula is C14H17Cl2N5O2. The molecule has 3 heterocycles. The van der Waals surface area contributed by atoms with Gasteiger partial charge in [-0.1, -0.05) is 23.2 Å². The minimum atomic E-state index is -0.300. The molecule has 0 aromatic carbocycles. The molecule has 3 rings (SSSR count). The Hall–Kier alpha value is -1.57. The summed E-state index contributed by atoms with van der Waals surface area (Å²) in [5, 5.41) is 3.66. The predicted molar refractivity (Wildman–Crippen MR) is 88.0 cm³/mol. The van der Waals surface area contributed by atoms with Crippen molar-refractivity contribution in [2.24, 2.45) is 0 Å². The second-order valence-corrected chi connectivity index (χ2v) is 6.34. The summed E-state index contributed by atoms with van der Waals surface area (Å²) < 4.78 is 0. The molecule has 0 aliphatic carbocycles. The number of amides is 3. The quantitative estimate of drug-likeness (QED) is 0.875. The maximum atomic E-state index is 12.1. The SMILES string of the molecule is O=C(CN1CCN(c2ncc(Cl)cc2Cl)CC1)N1CCNC1=O. The van der Waals surface area contributed by atoms with Gasteiger partial charge in [0.15, 0.2) is 0 Å². The molecule has 2 aliphatic rings. The summed E-state index contributed by atoms with van der Waals surface area (Å²) >= 11 is 12.0. The van der Waals surface area contributed by atoms with Crippen LogP contribution in [-0.4, -0.2) is 72.5 Å². The summed E-state index contributed by atoms with van der Waals surface area (Å²) in [6, 6.07) is 1.37. The third kappa shape index (κ3) is 3.68. The van der Waals surface area contributed by atoms with Gasteiger partial charge < -0.3 is 10.2 Å². The zero-order valence-corrected chi connectivity index (χ0v) is 14.0. The Kier molecular flexibility index (Phi) is 4.89. The summed E-state index contributed by atoms with van der Waals surface area (Å²) in [4.78, 5) is 33.3. The molecule has 0 saturated carbocycles. The number of carbonyl (C=O) groups is 2. The van der Waals surface area contributed by atoms with Crippen molar-refractivity contribution in [1.82, 2.24) is 20.1 Å². The van der Waals surface area contributed by atoms with Crippen molar-refractivity contribution in [3.05, 3.63) is 22.3 Å². The Morgan fingerprint density at radius 3 is 2.57 bits per heavy atom. The highest BCUT2D eigenvalue weighted by Gasteiger charge is 2.28. The smallest absolute Gasteiger partial charge is 0.324 e. The first-order chi connectivity index (χ1) is 11.0. The molecule has 1 aromatic rings. The van der Waals surface area contributed by atoms with E-state index in [1.165, 1.54) is 4.90 Å². The van der Waals surface area contributed by atoms with Gasteiger partial charge in [-0.3, -0.25) is 14.6 Å². The highest BCUT2D eigenvalue weighted by Crippen LogP contribution is 2.26. The summed E-state index contributed by atoms with van der Waals surface area (Å²) in [5.74, 6) is 0.553. The van der Waals surface area contributed by atoms with Crippen LogP contribution in [0.5, 0.6) is 0 Å². The van der Waals surface area contributed by atoms with E-state index in [-0.39, 0.29) is 18.5 Å². The maximum absolute atomic E-state index is 12.1. The van der Waals surface area contributed by atoms with Gasteiger partial charge in [-0.25, -0.2) is 9.78 Å². The van der Waals surface area contributed by atoms with E-state index in [4.69, 9.17) is 23.2 Å². The molecule has 0 radical (unpaired) electrons. The summed E-state index contributed by atoms with van der Waals surface area (Å²) in [7, 11) is 0. The van der Waals surface area contributed by atoms with Crippen LogP contribution in [0.4, 0.5) is 10.6 Å². The number of piperazine rings is 1. The van der Waals surface area contributed by atoms with Crippen LogP contribution in [0.1, 0.15) is 0 Å². The average molecular weight is 358 g/mol. The van der Waals surface area contributed by atoms with E-state index in [0.717, 1.165) is 0 Å². The van der Waals surface area contributed by atoms with Crippen molar-refractivity contribution in [3.8, 4) is 0 Å². The van der Waals surface area contributed by atoms with E-state index < -0.39 is 0 Å². The lowest BCUT2D eigenvalue weighted by Crippen LogP contribution is -2.50. The van der Waals surface area contributed by atoms with E-state index in [2.05, 4.69) is 15.2 Å². The molecule has 0 bridgehead atoms. The Morgan fingerprint density at radius 1 is 1.22 bits per heavy atom. The lowest BCUT2D eigenvalue weighted by Gasteiger charge is -2.35. The topological polar surface area (TPSA) is 68.8 Å². The number of hydrogen-bond donors (Lipinski definition) is 1. The van der Waals surface area contributed by atoms with Crippen molar-refractivity contribution in [1.29, 1.82) is 0 Å². The fourth-order valence-corrected chi connectivity index (χ4v) is 3.24. The number of nitrogens with one attached hydrogen (secondary N) is 1. The molecule has 0 spiro atoms. The Labute approximate surface area is 144 Å². The number of pyridine rings is 1. The summed E-state index contributed by atoms with van der Waals surface area (Å²) in [6.07, 6.45) is 1.57. The van der Waals surface area contributed by atoms with Crippen molar-refractivity contribution < 1.29 is 9.59 Å². The molecule has 2 saturated heterocycles. The normalized spacial score (nSPS) is 19.1. The average Bonchev–Trinajstić information content (AvgIpc) is 2.95. The first-order valence-corrected chi connectivity index (χ1v) is 8.17. The number of nitrogens with zero attached hydrogens (tertiary/aromatic N) is 4. The van der Waals surface area contributed by atoms with Gasteiger partial charge in [-0.2, -0.15) is 0 Å². The minimum Gasteiger partial charge on any atom is -0.353 e. The molecule has 2 fully saturated rings. The fraction of sp³-hybridized carbons (Fsp3) is 0.500. The zero-order valence-electron chi connectivity index (χ0n) is 12.5. The minimum absolute atomic E-state index is 0.156. The zero-order chi connectivity index (χ0) is 16.4. The van der Waals surface area contributed by atoms with Crippen LogP contribution < -0.4 is 10.2 Å². The molecule has 23 heavy (non-hydrogen) atoms. The van der Waals surface area contributed by atoms with Gasteiger partial charge in [0.25, 0.3) is 0 Å². The molecule has 3 amide bonds. The number of aromatic nitrogens is 1. The van der Waals surface area contributed by atoms with Crippen molar-refractivity contribution in [2.75, 3.05) is 50.7 Å². The van der Waals surface area contributed by atoms with Gasteiger partial charge in [0, 0.05) is 45.5 Å². The van der Waals surface area contributed by atoms with Gasteiger partial charge in [0.05, 0.1) is 16.6 Å². The first-order valence-electron chi connectivity index (χ1n) is 7.41. The van der Waals surface area contributed by atoms with Crippen LogP contribution in [0, 0.1) is 0 Å². The monoisotopic (exact) mass is 357 g/mol. The van der Waals surface area contributed by atoms with Crippen molar-refractivity contribution >= 4 is 41.0 Å². The molecule has 9 heteroatoms. The Bertz CT molecular complexity index is 619. The van der Waals surface area contributed by atoms with E-state index in [9.17, 15) is 9.59 Å². The van der Waals surface area contributed by atoms with Crippen molar-refractivity contribution in [2.45, 2.75) is 0 Å². The van der Waals surface area contributed by atoms with Gasteiger partial charge in [0.2, 0.25) is 5.91 Å². The molecule has 1 aromatic heterocycles. The third-order valence-electron chi connectivity index (χ3n) is 3.98. The largest absolute Gasteiger partial charge is 0.353 e. The number of urea groups is 1. The first kappa shape index (κ1) is 16.3. The lowest BCUT2D eigenvalue weighted by molar-refractivity contribution is -0.128. The molecular weight excluding hydrogens is 341 g/mol. The van der Waals surface area contributed by atoms with Gasteiger partial charge in [-0.15, -0.1) is 0 Å². The van der Waals surface area contributed by atoms with Crippen LogP contribution in [-0.2, 0) is 4.79 Å². The summed E-state index contributed by atoms with van der Waals surface area (Å²) in [6.45, 7) is 4.08. The lowest BCUT2D eigenvalue weighted by atomic mass is 10.3. The van der Waals surface area contributed by atoms with E-state index in [1.54, 1.807) is 12.3 Å². The predicted octanol–water partition coefficient (Wildman–Crippen LogP) is 1.06. The molecule has 0 atom stereocenters. The number of halogens is 2.